The lowest BCUT2D eigenvalue weighted by atomic mass is 9.75. The smallest absolute Gasteiger partial charge is 0.492 e. The largest absolute Gasteiger partial charge is 0.495 e. The Morgan fingerprint density at radius 2 is 1.91 bits per heavy atom. The number of benzene rings is 2. The maximum atomic E-state index is 15.0. The minimum absolute atomic E-state index is 0.0239. The third-order valence-electron chi connectivity index (χ3n) is 7.39. The van der Waals surface area contributed by atoms with Crippen LogP contribution in [0.2, 0.25) is 0 Å². The highest BCUT2D eigenvalue weighted by Crippen LogP contribution is 2.42. The van der Waals surface area contributed by atoms with E-state index < -0.39 is 30.4 Å². The average Bonchev–Trinajstić information content (AvgIpc) is 3.37. The molecule has 6 nitrogen and oxygen atoms in total. The third kappa shape index (κ3) is 3.79. The normalized spacial score (nSPS) is 24.3. The highest BCUT2D eigenvalue weighted by atomic mass is 19.1. The van der Waals surface area contributed by atoms with Crippen molar-refractivity contribution in [3.8, 4) is 11.5 Å². The van der Waals surface area contributed by atoms with Gasteiger partial charge in [0.1, 0.15) is 23.4 Å². The van der Waals surface area contributed by atoms with Crippen LogP contribution in [0.15, 0.2) is 30.3 Å². The quantitative estimate of drug-likeness (QED) is 0.685. The van der Waals surface area contributed by atoms with Crippen molar-refractivity contribution in [3.63, 3.8) is 0 Å². The number of rotatable bonds is 5. The van der Waals surface area contributed by atoms with Crippen molar-refractivity contribution < 1.29 is 33.1 Å². The lowest BCUT2D eigenvalue weighted by Gasteiger charge is -2.32. The average molecular weight is 454 g/mol. The molecule has 0 aromatic heterocycles. The van der Waals surface area contributed by atoms with Crippen molar-refractivity contribution in [2.45, 2.75) is 70.2 Å². The number of fused-ring (bicyclic) bond motifs is 2. The zero-order valence-electron chi connectivity index (χ0n) is 19.3. The molecule has 5 rings (SSSR count). The maximum absolute atomic E-state index is 15.0. The van der Waals surface area contributed by atoms with Gasteiger partial charge in [-0.1, -0.05) is 12.1 Å². The molecule has 1 N–H and O–H groups in total. The van der Waals surface area contributed by atoms with Crippen LogP contribution in [0, 0.1) is 5.82 Å². The molecule has 1 saturated heterocycles. The molecule has 2 atom stereocenters. The van der Waals surface area contributed by atoms with Gasteiger partial charge in [-0.3, -0.25) is 4.79 Å². The molecule has 2 aliphatic heterocycles. The van der Waals surface area contributed by atoms with Crippen LogP contribution in [0.4, 0.5) is 4.39 Å². The van der Waals surface area contributed by atoms with E-state index in [4.69, 9.17) is 23.9 Å². The van der Waals surface area contributed by atoms with Gasteiger partial charge in [0, 0.05) is 23.1 Å². The van der Waals surface area contributed by atoms with Crippen LogP contribution in [0.1, 0.15) is 69.2 Å². The third-order valence-corrected chi connectivity index (χ3v) is 7.39. The number of aliphatic carboxylic acids is 1. The van der Waals surface area contributed by atoms with E-state index in [9.17, 15) is 9.18 Å². The molecular weight excluding hydrogens is 426 g/mol. The SMILES string of the molecule is CC1(C)OB(c2ccc(F)c3c2CC[C@H]3Oc2ccc3c(c2)OCC3CC(=O)O)OC1(C)C. The van der Waals surface area contributed by atoms with Crippen LogP contribution < -0.4 is 14.9 Å². The Kier molecular flexibility index (Phi) is 5.21. The predicted molar refractivity (Wildman–Crippen MR) is 121 cm³/mol. The maximum Gasteiger partial charge on any atom is 0.495 e. The molecule has 8 heteroatoms. The summed E-state index contributed by atoms with van der Waals surface area (Å²) in [5.74, 6) is -0.121. The van der Waals surface area contributed by atoms with Gasteiger partial charge in [0.15, 0.2) is 0 Å². The Balaban J connectivity index is 1.39. The molecule has 1 aliphatic carbocycles. The Labute approximate surface area is 193 Å². The molecule has 3 aliphatic rings. The van der Waals surface area contributed by atoms with Crippen molar-refractivity contribution in [2.24, 2.45) is 0 Å². The first kappa shape index (κ1) is 22.2. The van der Waals surface area contributed by atoms with Crippen molar-refractivity contribution in [1.82, 2.24) is 0 Å². The summed E-state index contributed by atoms with van der Waals surface area (Å²) >= 11 is 0. The number of halogens is 1. The van der Waals surface area contributed by atoms with E-state index in [2.05, 4.69) is 0 Å². The highest BCUT2D eigenvalue weighted by Gasteiger charge is 2.52. The molecule has 0 saturated carbocycles. The predicted octanol–water partition coefficient (Wildman–Crippen LogP) is 4.14. The van der Waals surface area contributed by atoms with Gasteiger partial charge in [-0.25, -0.2) is 4.39 Å². The van der Waals surface area contributed by atoms with E-state index in [1.54, 1.807) is 18.2 Å². The molecule has 33 heavy (non-hydrogen) atoms. The van der Waals surface area contributed by atoms with Crippen LogP contribution >= 0.6 is 0 Å². The van der Waals surface area contributed by atoms with Gasteiger partial charge in [-0.2, -0.15) is 0 Å². The van der Waals surface area contributed by atoms with Gasteiger partial charge in [-0.15, -0.1) is 0 Å². The second kappa shape index (κ2) is 7.74. The van der Waals surface area contributed by atoms with Crippen LogP contribution in [0.25, 0.3) is 0 Å². The van der Waals surface area contributed by atoms with Crippen LogP contribution in [0.5, 0.6) is 11.5 Å². The monoisotopic (exact) mass is 454 g/mol. The zero-order chi connectivity index (χ0) is 23.5. The number of hydrogen-bond donors (Lipinski definition) is 1. The van der Waals surface area contributed by atoms with Gasteiger partial charge in [0.2, 0.25) is 0 Å². The van der Waals surface area contributed by atoms with Crippen LogP contribution in [0.3, 0.4) is 0 Å². The zero-order valence-corrected chi connectivity index (χ0v) is 19.3. The van der Waals surface area contributed by atoms with Crippen molar-refractivity contribution in [2.75, 3.05) is 6.61 Å². The van der Waals surface area contributed by atoms with E-state index >= 15 is 0 Å². The van der Waals surface area contributed by atoms with Gasteiger partial charge >= 0.3 is 13.1 Å². The van der Waals surface area contributed by atoms with E-state index in [0.717, 1.165) is 16.6 Å². The fourth-order valence-electron chi connectivity index (χ4n) is 4.88. The molecule has 1 unspecified atom stereocenters. The first-order chi connectivity index (χ1) is 15.6. The van der Waals surface area contributed by atoms with Gasteiger partial charge in [0.25, 0.3) is 0 Å². The number of hydrogen-bond acceptors (Lipinski definition) is 5. The van der Waals surface area contributed by atoms with Gasteiger partial charge in [0.05, 0.1) is 24.2 Å². The molecule has 2 aromatic carbocycles. The molecular formula is C25H28BFO6. The molecule has 2 heterocycles. The summed E-state index contributed by atoms with van der Waals surface area (Å²) in [5, 5.41) is 9.09. The fraction of sp³-hybridized carbons (Fsp3) is 0.480. The number of ether oxygens (including phenoxy) is 2. The Bertz CT molecular complexity index is 1100. The second-order valence-electron chi connectivity index (χ2n) is 10.1. The minimum Gasteiger partial charge on any atom is -0.492 e. The Morgan fingerprint density at radius 3 is 2.61 bits per heavy atom. The van der Waals surface area contributed by atoms with Gasteiger partial charge < -0.3 is 23.9 Å². The Morgan fingerprint density at radius 1 is 1.18 bits per heavy atom. The summed E-state index contributed by atoms with van der Waals surface area (Å²) in [6, 6.07) is 8.63. The second-order valence-corrected chi connectivity index (χ2v) is 10.1. The summed E-state index contributed by atoms with van der Waals surface area (Å²) < 4.78 is 39.3. The lowest BCUT2D eigenvalue weighted by Crippen LogP contribution is -2.41. The van der Waals surface area contributed by atoms with E-state index in [1.807, 2.05) is 33.8 Å². The summed E-state index contributed by atoms with van der Waals surface area (Å²) in [7, 11) is -0.553. The van der Waals surface area contributed by atoms with Crippen molar-refractivity contribution in [3.05, 3.63) is 52.8 Å². The molecule has 0 amide bonds. The molecule has 0 bridgehead atoms. The fourth-order valence-corrected chi connectivity index (χ4v) is 4.88. The molecule has 2 aromatic rings. The number of carboxylic acids is 1. The molecule has 0 spiro atoms. The van der Waals surface area contributed by atoms with E-state index in [-0.39, 0.29) is 18.2 Å². The van der Waals surface area contributed by atoms with E-state index in [0.29, 0.717) is 36.5 Å². The number of carbonyl (C=O) groups is 1. The minimum atomic E-state index is -0.854. The molecule has 174 valence electrons. The molecule has 1 fully saturated rings. The van der Waals surface area contributed by atoms with Crippen LogP contribution in [-0.2, 0) is 20.5 Å². The summed E-state index contributed by atoms with van der Waals surface area (Å²) in [5.41, 5.74) is 2.20. The van der Waals surface area contributed by atoms with Crippen LogP contribution in [-0.4, -0.2) is 36.0 Å². The van der Waals surface area contributed by atoms with Gasteiger partial charge in [-0.05, 0) is 63.7 Å². The standard InChI is InChI=1S/C25H28BFO6/c1-24(2)25(3,4)33-26(32-24)18-8-9-19(27)23-17(18)7-10-20(23)31-15-5-6-16-14(11-22(28)29)13-30-21(16)12-15/h5-6,8-9,12,14,20H,7,10-11,13H2,1-4H3,(H,28,29)/t14?,20-/m1/s1. The van der Waals surface area contributed by atoms with Crippen molar-refractivity contribution >= 4 is 18.6 Å². The Hall–Kier alpha value is -2.58. The first-order valence-corrected chi connectivity index (χ1v) is 11.4. The number of carboxylic acid groups (broad SMARTS) is 1. The topological polar surface area (TPSA) is 74.2 Å². The summed E-state index contributed by atoms with van der Waals surface area (Å²) in [6.45, 7) is 8.34. The molecule has 0 radical (unpaired) electrons. The van der Waals surface area contributed by atoms with Crippen molar-refractivity contribution in [1.29, 1.82) is 0 Å². The highest BCUT2D eigenvalue weighted by molar-refractivity contribution is 6.62. The lowest BCUT2D eigenvalue weighted by molar-refractivity contribution is -0.137. The van der Waals surface area contributed by atoms with E-state index in [1.165, 1.54) is 6.07 Å². The first-order valence-electron chi connectivity index (χ1n) is 11.4. The summed E-state index contributed by atoms with van der Waals surface area (Å²) in [4.78, 5) is 11.1. The summed E-state index contributed by atoms with van der Waals surface area (Å²) in [6.07, 6.45) is 0.897.